The number of likely N-dealkylation sites (tertiary alicyclic amines) is 1. The summed E-state index contributed by atoms with van der Waals surface area (Å²) in [5.74, 6) is 0.294. The van der Waals surface area contributed by atoms with Gasteiger partial charge in [-0.15, -0.1) is 0 Å². The molecule has 3 heterocycles. The van der Waals surface area contributed by atoms with Crippen molar-refractivity contribution >= 4 is 11.8 Å². The van der Waals surface area contributed by atoms with Crippen LogP contribution in [0.4, 0.5) is 17.6 Å². The maximum absolute atomic E-state index is 15.4. The SMILES string of the molecule is FC1C(NCC2CCCS2)NCNC1N1CCC[C@@H]1C1CCC(C(F)(F)F)CC1. The van der Waals surface area contributed by atoms with Crippen LogP contribution in [-0.2, 0) is 0 Å². The van der Waals surface area contributed by atoms with Gasteiger partial charge in [0.15, 0.2) is 6.17 Å². The van der Waals surface area contributed by atoms with Crippen LogP contribution in [-0.4, -0.2) is 66.4 Å². The van der Waals surface area contributed by atoms with Crippen LogP contribution in [0.3, 0.4) is 0 Å². The fourth-order valence-electron chi connectivity index (χ4n) is 5.73. The average molecular weight is 439 g/mol. The first-order valence-corrected chi connectivity index (χ1v) is 12.3. The van der Waals surface area contributed by atoms with Gasteiger partial charge in [-0.05, 0) is 63.0 Å². The first-order chi connectivity index (χ1) is 13.9. The van der Waals surface area contributed by atoms with Gasteiger partial charge in [-0.25, -0.2) is 4.39 Å². The van der Waals surface area contributed by atoms with Gasteiger partial charge in [0.1, 0.15) is 0 Å². The fraction of sp³-hybridized carbons (Fsp3) is 1.00. The highest BCUT2D eigenvalue weighted by atomic mass is 32.2. The Labute approximate surface area is 175 Å². The highest BCUT2D eigenvalue weighted by Crippen LogP contribution is 2.43. The average Bonchev–Trinajstić information content (AvgIpc) is 3.39. The Morgan fingerprint density at radius 3 is 2.48 bits per heavy atom. The summed E-state index contributed by atoms with van der Waals surface area (Å²) in [7, 11) is 0. The summed E-state index contributed by atoms with van der Waals surface area (Å²) >= 11 is 1.96. The van der Waals surface area contributed by atoms with Crippen molar-refractivity contribution in [2.75, 3.05) is 25.5 Å². The molecule has 3 N–H and O–H groups in total. The molecule has 1 saturated carbocycles. The van der Waals surface area contributed by atoms with E-state index in [-0.39, 0.29) is 37.1 Å². The number of hydrogen-bond acceptors (Lipinski definition) is 5. The smallest absolute Gasteiger partial charge is 0.298 e. The number of nitrogens with one attached hydrogen (secondary N) is 3. The van der Waals surface area contributed by atoms with Gasteiger partial charge in [-0.1, -0.05) is 0 Å². The summed E-state index contributed by atoms with van der Waals surface area (Å²) in [6, 6.07) is 0.198. The molecule has 0 aromatic carbocycles. The van der Waals surface area contributed by atoms with Crippen molar-refractivity contribution in [2.45, 2.75) is 87.3 Å². The van der Waals surface area contributed by atoms with E-state index in [0.717, 1.165) is 25.9 Å². The summed E-state index contributed by atoms with van der Waals surface area (Å²) in [6.07, 6.45) is 0.169. The van der Waals surface area contributed by atoms with Crippen LogP contribution < -0.4 is 16.0 Å². The molecule has 4 aliphatic rings. The monoisotopic (exact) mass is 438 g/mol. The lowest BCUT2D eigenvalue weighted by atomic mass is 9.77. The lowest BCUT2D eigenvalue weighted by Crippen LogP contribution is -2.69. The van der Waals surface area contributed by atoms with Gasteiger partial charge in [0.2, 0.25) is 0 Å². The van der Waals surface area contributed by atoms with E-state index in [2.05, 4.69) is 20.9 Å². The van der Waals surface area contributed by atoms with Crippen molar-refractivity contribution in [3.05, 3.63) is 0 Å². The summed E-state index contributed by atoms with van der Waals surface area (Å²) in [5, 5.41) is 10.4. The molecule has 0 aromatic heterocycles. The second-order valence-corrected chi connectivity index (χ2v) is 10.5. The van der Waals surface area contributed by atoms with Gasteiger partial charge in [0.25, 0.3) is 0 Å². The fourth-order valence-corrected chi connectivity index (χ4v) is 6.94. The van der Waals surface area contributed by atoms with Crippen LogP contribution in [0.2, 0.25) is 0 Å². The first-order valence-electron chi connectivity index (χ1n) is 11.2. The van der Waals surface area contributed by atoms with Crippen LogP contribution in [0.15, 0.2) is 0 Å². The zero-order valence-electron chi connectivity index (χ0n) is 16.9. The molecule has 0 aromatic rings. The molecule has 3 aliphatic heterocycles. The van der Waals surface area contributed by atoms with Crippen LogP contribution in [0, 0.1) is 11.8 Å². The van der Waals surface area contributed by atoms with Crippen molar-refractivity contribution in [2.24, 2.45) is 11.8 Å². The van der Waals surface area contributed by atoms with E-state index in [1.165, 1.54) is 18.6 Å². The first kappa shape index (κ1) is 22.1. The summed E-state index contributed by atoms with van der Waals surface area (Å²) in [5.41, 5.74) is 0. The normalized spacial score (nSPS) is 42.4. The Bertz CT molecular complexity index is 523. The third-order valence-electron chi connectivity index (χ3n) is 7.32. The quantitative estimate of drug-likeness (QED) is 0.574. The van der Waals surface area contributed by atoms with Crippen LogP contribution in [0.25, 0.3) is 0 Å². The molecule has 4 rings (SSSR count). The molecule has 4 unspecified atom stereocenters. The summed E-state index contributed by atoms with van der Waals surface area (Å²) in [4.78, 5) is 2.23. The third-order valence-corrected chi connectivity index (χ3v) is 8.72. The van der Waals surface area contributed by atoms with Crippen molar-refractivity contribution in [1.29, 1.82) is 0 Å². The molecule has 0 bridgehead atoms. The predicted molar refractivity (Wildman–Crippen MR) is 108 cm³/mol. The van der Waals surface area contributed by atoms with Gasteiger partial charge in [0, 0.05) is 31.0 Å². The third kappa shape index (κ3) is 5.22. The summed E-state index contributed by atoms with van der Waals surface area (Å²) in [6.45, 7) is 2.19. The molecule has 0 spiro atoms. The number of alkyl halides is 4. The molecule has 0 amide bonds. The van der Waals surface area contributed by atoms with Gasteiger partial charge >= 0.3 is 6.18 Å². The molecule has 5 atom stereocenters. The van der Waals surface area contributed by atoms with E-state index >= 15 is 4.39 Å². The van der Waals surface area contributed by atoms with Crippen LogP contribution in [0.5, 0.6) is 0 Å². The number of hydrogen-bond donors (Lipinski definition) is 3. The predicted octanol–water partition coefficient (Wildman–Crippen LogP) is 3.45. The maximum Gasteiger partial charge on any atom is 0.391 e. The van der Waals surface area contributed by atoms with Gasteiger partial charge in [0.05, 0.1) is 18.2 Å². The van der Waals surface area contributed by atoms with Gasteiger partial charge < -0.3 is 0 Å². The lowest BCUT2D eigenvalue weighted by Gasteiger charge is -2.45. The minimum Gasteiger partial charge on any atom is -0.298 e. The number of nitrogens with zero attached hydrogens (tertiary/aromatic N) is 1. The topological polar surface area (TPSA) is 39.3 Å². The molecule has 29 heavy (non-hydrogen) atoms. The van der Waals surface area contributed by atoms with Crippen LogP contribution >= 0.6 is 11.8 Å². The Balaban J connectivity index is 1.32. The maximum atomic E-state index is 15.4. The van der Waals surface area contributed by atoms with E-state index in [4.69, 9.17) is 0 Å². The number of rotatable bonds is 5. The highest BCUT2D eigenvalue weighted by molar-refractivity contribution is 8.00. The van der Waals surface area contributed by atoms with Crippen molar-refractivity contribution in [3.63, 3.8) is 0 Å². The molecule has 1 aliphatic carbocycles. The van der Waals surface area contributed by atoms with Crippen molar-refractivity contribution in [1.82, 2.24) is 20.9 Å². The molecule has 0 radical (unpaired) electrons. The van der Waals surface area contributed by atoms with Gasteiger partial charge in [-0.3, -0.25) is 20.9 Å². The zero-order chi connectivity index (χ0) is 20.4. The molecular weight excluding hydrogens is 404 g/mol. The Morgan fingerprint density at radius 2 is 1.79 bits per heavy atom. The Kier molecular flexibility index (Phi) is 7.31. The summed E-state index contributed by atoms with van der Waals surface area (Å²) < 4.78 is 54.4. The van der Waals surface area contributed by atoms with Crippen molar-refractivity contribution < 1.29 is 17.6 Å². The van der Waals surface area contributed by atoms with Crippen LogP contribution in [0.1, 0.15) is 51.4 Å². The second-order valence-electron chi connectivity index (χ2n) is 9.10. The van der Waals surface area contributed by atoms with Gasteiger partial charge in [-0.2, -0.15) is 24.9 Å². The minimum atomic E-state index is -4.07. The Morgan fingerprint density at radius 1 is 1.00 bits per heavy atom. The molecule has 4 nitrogen and oxygen atoms in total. The second kappa shape index (κ2) is 9.59. The van der Waals surface area contributed by atoms with E-state index in [9.17, 15) is 13.2 Å². The number of thioether (sulfide) groups is 1. The Hall–Kier alpha value is -0.0900. The van der Waals surface area contributed by atoms with E-state index in [0.29, 0.717) is 24.8 Å². The highest BCUT2D eigenvalue weighted by Gasteiger charge is 2.46. The molecule has 168 valence electrons. The minimum absolute atomic E-state index is 0.198. The van der Waals surface area contributed by atoms with E-state index < -0.39 is 18.3 Å². The molecule has 4 fully saturated rings. The molecule has 3 saturated heterocycles. The van der Waals surface area contributed by atoms with E-state index in [1.807, 2.05) is 11.8 Å². The van der Waals surface area contributed by atoms with E-state index in [1.54, 1.807) is 0 Å². The largest absolute Gasteiger partial charge is 0.391 e. The standard InChI is InChI=1S/C20H34F4N4S/c21-17-18(25-11-15-3-2-10-29-15)26-12-27-19(17)28-9-1-4-16(28)13-5-7-14(8-6-13)20(22,23)24/h13-19,25-27H,1-12H2/t13?,14?,15?,16-,17?,18?,19?/m1/s1. The lowest BCUT2D eigenvalue weighted by molar-refractivity contribution is -0.185. The molecular formula is C20H34F4N4S. The zero-order valence-corrected chi connectivity index (χ0v) is 17.7. The molecule has 9 heteroatoms. The number of halogens is 4. The van der Waals surface area contributed by atoms with Crippen molar-refractivity contribution in [3.8, 4) is 0 Å².